The van der Waals surface area contributed by atoms with Crippen molar-refractivity contribution in [3.05, 3.63) is 60.2 Å². The van der Waals surface area contributed by atoms with Crippen molar-refractivity contribution in [1.82, 2.24) is 9.55 Å². The molecular formula is C17H14F4N2O2. The summed E-state index contributed by atoms with van der Waals surface area (Å²) in [6, 6.07) is 11.3. The second-order valence-corrected chi connectivity index (χ2v) is 5.45. The Balaban J connectivity index is 1.78. The van der Waals surface area contributed by atoms with E-state index in [0.29, 0.717) is 5.75 Å². The number of aliphatic hydroxyl groups is 1. The average Bonchev–Trinajstić information content (AvgIpc) is 2.93. The number of hydrogen-bond acceptors (Lipinski definition) is 3. The van der Waals surface area contributed by atoms with Crippen molar-refractivity contribution < 1.29 is 27.4 Å². The summed E-state index contributed by atoms with van der Waals surface area (Å²) in [6.45, 7) is -0.577. The summed E-state index contributed by atoms with van der Waals surface area (Å²) in [5.74, 6) is -1.20. The van der Waals surface area contributed by atoms with Gasteiger partial charge in [0.15, 0.2) is 0 Å². The van der Waals surface area contributed by atoms with Crippen molar-refractivity contribution in [3.63, 3.8) is 0 Å². The first-order chi connectivity index (χ1) is 11.8. The van der Waals surface area contributed by atoms with Crippen LogP contribution in [0.4, 0.5) is 17.6 Å². The highest BCUT2D eigenvalue weighted by Gasteiger charge is 2.37. The number of para-hydroxylation sites is 2. The summed E-state index contributed by atoms with van der Waals surface area (Å²) < 4.78 is 58.6. The third-order valence-corrected chi connectivity index (χ3v) is 3.56. The summed E-state index contributed by atoms with van der Waals surface area (Å²) in [5, 5.41) is 10.1. The minimum Gasteiger partial charge on any atom is -0.491 e. The van der Waals surface area contributed by atoms with E-state index in [0.717, 1.165) is 4.57 Å². The number of rotatable bonds is 5. The van der Waals surface area contributed by atoms with Crippen molar-refractivity contribution in [2.45, 2.75) is 18.8 Å². The maximum Gasteiger partial charge on any atom is 0.449 e. The van der Waals surface area contributed by atoms with Gasteiger partial charge in [-0.1, -0.05) is 12.1 Å². The highest BCUT2D eigenvalue weighted by molar-refractivity contribution is 5.76. The van der Waals surface area contributed by atoms with Crippen LogP contribution in [0.3, 0.4) is 0 Å². The zero-order valence-corrected chi connectivity index (χ0v) is 12.9. The molecule has 0 bridgehead atoms. The molecule has 3 rings (SSSR count). The molecule has 0 amide bonds. The van der Waals surface area contributed by atoms with Gasteiger partial charge in [0.05, 0.1) is 17.6 Å². The first kappa shape index (κ1) is 17.2. The molecule has 2 aromatic carbocycles. The molecular weight excluding hydrogens is 340 g/mol. The van der Waals surface area contributed by atoms with Crippen molar-refractivity contribution >= 4 is 11.0 Å². The number of fused-ring (bicyclic) bond motifs is 1. The van der Waals surface area contributed by atoms with E-state index in [1.54, 1.807) is 12.1 Å². The first-order valence-electron chi connectivity index (χ1n) is 7.43. The molecule has 25 heavy (non-hydrogen) atoms. The van der Waals surface area contributed by atoms with Crippen LogP contribution in [0, 0.1) is 5.82 Å². The molecule has 1 atom stereocenters. The van der Waals surface area contributed by atoms with Crippen LogP contribution in [0.1, 0.15) is 5.82 Å². The topological polar surface area (TPSA) is 47.3 Å². The van der Waals surface area contributed by atoms with Gasteiger partial charge in [-0.25, -0.2) is 9.37 Å². The minimum absolute atomic E-state index is 0.196. The molecule has 0 aliphatic carbocycles. The van der Waals surface area contributed by atoms with E-state index < -0.39 is 23.9 Å². The van der Waals surface area contributed by atoms with Crippen LogP contribution in [0.2, 0.25) is 0 Å². The van der Waals surface area contributed by atoms with Crippen molar-refractivity contribution in [2.75, 3.05) is 6.61 Å². The van der Waals surface area contributed by atoms with Gasteiger partial charge >= 0.3 is 6.18 Å². The van der Waals surface area contributed by atoms with Crippen LogP contribution >= 0.6 is 0 Å². The number of alkyl halides is 3. The highest BCUT2D eigenvalue weighted by atomic mass is 19.4. The fourth-order valence-corrected chi connectivity index (χ4v) is 2.46. The second kappa shape index (κ2) is 6.72. The third-order valence-electron chi connectivity index (χ3n) is 3.56. The molecule has 1 N–H and O–H groups in total. The number of aliphatic hydroxyl groups excluding tert-OH is 1. The molecule has 0 spiro atoms. The van der Waals surface area contributed by atoms with Gasteiger partial charge in [-0.3, -0.25) is 0 Å². The lowest BCUT2D eigenvalue weighted by atomic mass is 10.3. The van der Waals surface area contributed by atoms with E-state index in [4.69, 9.17) is 4.74 Å². The molecule has 4 nitrogen and oxygen atoms in total. The average molecular weight is 354 g/mol. The quantitative estimate of drug-likeness (QED) is 0.712. The number of ether oxygens (including phenoxy) is 1. The molecule has 8 heteroatoms. The fourth-order valence-electron chi connectivity index (χ4n) is 2.46. The normalized spacial score (nSPS) is 13.2. The van der Waals surface area contributed by atoms with E-state index >= 15 is 0 Å². The minimum atomic E-state index is -4.64. The summed E-state index contributed by atoms with van der Waals surface area (Å²) in [7, 11) is 0. The van der Waals surface area contributed by atoms with Crippen molar-refractivity contribution in [3.8, 4) is 5.75 Å². The van der Waals surface area contributed by atoms with Crippen LogP contribution < -0.4 is 4.74 Å². The summed E-state index contributed by atoms with van der Waals surface area (Å²) in [6.07, 6.45) is -5.85. The predicted molar refractivity (Wildman–Crippen MR) is 82.6 cm³/mol. The zero-order valence-electron chi connectivity index (χ0n) is 12.9. The first-order valence-corrected chi connectivity index (χ1v) is 7.43. The van der Waals surface area contributed by atoms with Gasteiger partial charge in [0.2, 0.25) is 5.82 Å². The molecule has 0 aliphatic heterocycles. The van der Waals surface area contributed by atoms with E-state index in [-0.39, 0.29) is 24.2 Å². The molecule has 1 heterocycles. The number of halogens is 4. The zero-order chi connectivity index (χ0) is 18.0. The van der Waals surface area contributed by atoms with E-state index in [1.807, 2.05) is 0 Å². The molecule has 132 valence electrons. The van der Waals surface area contributed by atoms with E-state index in [2.05, 4.69) is 4.98 Å². The molecule has 0 radical (unpaired) electrons. The Hall–Kier alpha value is -2.61. The Morgan fingerprint density at radius 3 is 2.44 bits per heavy atom. The monoisotopic (exact) mass is 354 g/mol. The lowest BCUT2D eigenvalue weighted by Gasteiger charge is -2.16. The van der Waals surface area contributed by atoms with Gasteiger partial charge in [-0.2, -0.15) is 13.2 Å². The molecule has 0 saturated heterocycles. The SMILES string of the molecule is O[C@H](COc1ccc(F)cc1)Cn1c(C(F)(F)F)nc2ccccc21. The molecule has 1 aromatic heterocycles. The maximum absolute atomic E-state index is 13.2. The van der Waals surface area contributed by atoms with Gasteiger partial charge in [0, 0.05) is 0 Å². The van der Waals surface area contributed by atoms with E-state index in [1.165, 1.54) is 36.4 Å². The summed E-state index contributed by atoms with van der Waals surface area (Å²) in [5.41, 5.74) is 0.470. The standard InChI is InChI=1S/C17H14F4N2O2/c18-11-5-7-13(8-6-11)25-10-12(24)9-23-15-4-2-1-3-14(15)22-16(23)17(19,20)21/h1-8,12,24H,9-10H2/t12-/m0/s1. The van der Waals surface area contributed by atoms with E-state index in [9.17, 15) is 22.7 Å². The van der Waals surface area contributed by atoms with Crippen LogP contribution in [0.15, 0.2) is 48.5 Å². The van der Waals surface area contributed by atoms with Crippen molar-refractivity contribution in [2.24, 2.45) is 0 Å². The van der Waals surface area contributed by atoms with Crippen LogP contribution in [-0.4, -0.2) is 27.4 Å². The molecule has 0 saturated carbocycles. The maximum atomic E-state index is 13.2. The molecule has 0 unspecified atom stereocenters. The fraction of sp³-hybridized carbons (Fsp3) is 0.235. The Labute approximate surface area is 140 Å². The molecule has 0 aliphatic rings. The van der Waals surface area contributed by atoms with Gasteiger partial charge in [0.25, 0.3) is 0 Å². The smallest absolute Gasteiger partial charge is 0.449 e. The summed E-state index contributed by atoms with van der Waals surface area (Å²) in [4.78, 5) is 3.61. The largest absolute Gasteiger partial charge is 0.491 e. The number of nitrogens with zero attached hydrogens (tertiary/aromatic N) is 2. The highest BCUT2D eigenvalue weighted by Crippen LogP contribution is 2.31. The number of aromatic nitrogens is 2. The predicted octanol–water partition coefficient (Wildman–Crippen LogP) is 3.63. The number of benzene rings is 2. The van der Waals surface area contributed by atoms with Crippen LogP contribution in [-0.2, 0) is 12.7 Å². The molecule has 0 fully saturated rings. The van der Waals surface area contributed by atoms with Crippen LogP contribution in [0.25, 0.3) is 11.0 Å². The lowest BCUT2D eigenvalue weighted by molar-refractivity contribution is -0.147. The Morgan fingerprint density at radius 1 is 1.08 bits per heavy atom. The van der Waals surface area contributed by atoms with Gasteiger partial charge in [-0.05, 0) is 36.4 Å². The molecule has 3 aromatic rings. The van der Waals surface area contributed by atoms with Gasteiger partial charge in [-0.15, -0.1) is 0 Å². The van der Waals surface area contributed by atoms with Crippen LogP contribution in [0.5, 0.6) is 5.75 Å². The summed E-state index contributed by atoms with van der Waals surface area (Å²) >= 11 is 0. The Morgan fingerprint density at radius 2 is 1.76 bits per heavy atom. The number of imidazole rings is 1. The Kier molecular flexibility index (Phi) is 4.63. The lowest BCUT2D eigenvalue weighted by Crippen LogP contribution is -2.26. The third kappa shape index (κ3) is 3.90. The second-order valence-electron chi connectivity index (χ2n) is 5.45. The Bertz CT molecular complexity index is 859. The van der Waals surface area contributed by atoms with Crippen molar-refractivity contribution in [1.29, 1.82) is 0 Å². The van der Waals surface area contributed by atoms with Gasteiger partial charge < -0.3 is 14.4 Å². The number of hydrogen-bond donors (Lipinski definition) is 1. The van der Waals surface area contributed by atoms with Gasteiger partial charge in [0.1, 0.15) is 24.3 Å².